The number of rotatable bonds is 1. The van der Waals surface area contributed by atoms with Crippen molar-refractivity contribution in [3.8, 4) is 0 Å². The minimum absolute atomic E-state index is 0.0573. The fraction of sp³-hybridized carbons (Fsp3) is 0.273. The van der Waals surface area contributed by atoms with Crippen molar-refractivity contribution in [3.05, 3.63) is 54.4 Å². The lowest BCUT2D eigenvalue weighted by atomic mass is 9.76. The molecular weight excluding hydrogens is 323 g/mol. The van der Waals surface area contributed by atoms with Crippen molar-refractivity contribution in [2.24, 2.45) is 0 Å². The van der Waals surface area contributed by atoms with Crippen LogP contribution in [0.25, 0.3) is 32.7 Å². The predicted molar refractivity (Wildman–Crippen MR) is 107 cm³/mol. The molecule has 1 aliphatic heterocycles. The fourth-order valence-electron chi connectivity index (χ4n) is 3.26. The third kappa shape index (κ3) is 2.09. The van der Waals surface area contributed by atoms with Gasteiger partial charge in [0, 0.05) is 16.2 Å². The zero-order valence-electron chi connectivity index (χ0n) is 22.0. The van der Waals surface area contributed by atoms with E-state index in [4.69, 9.17) is 23.3 Å². The first kappa shape index (κ1) is 10.1. The summed E-state index contributed by atoms with van der Waals surface area (Å²) in [7, 11) is -0.991. The molecule has 0 amide bonds. The van der Waals surface area contributed by atoms with Crippen molar-refractivity contribution >= 4 is 45.3 Å². The van der Waals surface area contributed by atoms with Crippen molar-refractivity contribution in [3.63, 3.8) is 0 Å². The second-order valence-corrected chi connectivity index (χ2v) is 7.54. The molecule has 1 aromatic heterocycles. The normalized spacial score (nSPS) is 22.8. The molecule has 4 heteroatoms. The van der Waals surface area contributed by atoms with E-state index in [9.17, 15) is 0 Å². The Bertz CT molecular complexity index is 1490. The van der Waals surface area contributed by atoms with E-state index in [-0.39, 0.29) is 75.1 Å². The molecule has 0 atom stereocenters. The second-order valence-electron chi connectivity index (χ2n) is 7.54. The van der Waals surface area contributed by atoms with Crippen LogP contribution in [-0.2, 0) is 9.31 Å². The fourth-order valence-corrected chi connectivity index (χ4v) is 3.26. The van der Waals surface area contributed by atoms with Crippen LogP contribution in [0.15, 0.2) is 58.8 Å². The Balaban J connectivity index is 1.96. The molecule has 0 radical (unpaired) electrons. The molecular formula is C22H21BO3. The molecule has 0 saturated carbocycles. The smallest absolute Gasteiger partial charge is 0.455 e. The molecule has 0 unspecified atom stereocenters. The molecule has 1 aliphatic rings. The molecule has 1 saturated heterocycles. The molecule has 0 bridgehead atoms. The predicted octanol–water partition coefficient (Wildman–Crippen LogP) is 5.04. The first-order chi connectivity index (χ1) is 15.3. The van der Waals surface area contributed by atoms with Crippen molar-refractivity contribution in [1.29, 1.82) is 0 Å². The summed E-state index contributed by atoms with van der Waals surface area (Å²) < 4.78 is 76.8. The molecule has 3 aromatic carbocycles. The van der Waals surface area contributed by atoms with Gasteiger partial charge in [0.05, 0.1) is 20.8 Å². The highest BCUT2D eigenvalue weighted by atomic mass is 16.7. The average Bonchev–Trinajstić information content (AvgIpc) is 3.18. The molecule has 0 aliphatic carbocycles. The number of furan rings is 1. The maximum Gasteiger partial charge on any atom is 0.495 e. The highest BCUT2D eigenvalue weighted by molar-refractivity contribution is 6.66. The molecule has 0 spiro atoms. The number of benzene rings is 3. The summed E-state index contributed by atoms with van der Waals surface area (Å²) in [6.07, 6.45) is 0. The van der Waals surface area contributed by atoms with Crippen LogP contribution in [0.4, 0.5) is 0 Å². The van der Waals surface area contributed by atoms with Crippen LogP contribution in [0.5, 0.6) is 0 Å². The van der Waals surface area contributed by atoms with Crippen LogP contribution in [0.2, 0.25) is 0 Å². The van der Waals surface area contributed by atoms with E-state index >= 15 is 0 Å². The molecule has 1 fully saturated rings. The van der Waals surface area contributed by atoms with Gasteiger partial charge in [-0.15, -0.1) is 0 Å². The number of hydrogen-bond donors (Lipinski definition) is 0. The van der Waals surface area contributed by atoms with Crippen molar-refractivity contribution in [2.45, 2.75) is 38.9 Å². The van der Waals surface area contributed by atoms with Gasteiger partial charge in [-0.05, 0) is 50.7 Å². The van der Waals surface area contributed by atoms with E-state index in [2.05, 4.69) is 0 Å². The summed E-state index contributed by atoms with van der Waals surface area (Å²) in [4.78, 5) is 0. The third-order valence-corrected chi connectivity index (χ3v) is 5.41. The minimum atomic E-state index is -0.991. The Morgan fingerprint density at radius 2 is 1.62 bits per heavy atom. The summed E-state index contributed by atoms with van der Waals surface area (Å²) in [5.74, 6) is 0. The SMILES string of the molecule is [2H]c1cc2c(c([2H])c1[2H])c([2H])c([2H])c1c2oc2cc([2H])c([2H])c(B3OC(C)(C)C(C)(C)O3)c21. The van der Waals surface area contributed by atoms with Gasteiger partial charge >= 0.3 is 7.12 Å². The number of fused-ring (bicyclic) bond motifs is 5. The molecule has 5 rings (SSSR count). The van der Waals surface area contributed by atoms with E-state index < -0.39 is 18.3 Å². The lowest BCUT2D eigenvalue weighted by Gasteiger charge is -2.32. The Hall–Kier alpha value is -2.30. The van der Waals surface area contributed by atoms with Crippen LogP contribution < -0.4 is 5.46 Å². The number of hydrogen-bond acceptors (Lipinski definition) is 3. The maximum absolute atomic E-state index is 8.71. The van der Waals surface area contributed by atoms with E-state index in [0.29, 0.717) is 5.39 Å². The summed E-state index contributed by atoms with van der Waals surface area (Å²) in [6.45, 7) is 7.50. The first-order valence-corrected chi connectivity index (χ1v) is 8.48. The molecule has 3 nitrogen and oxygen atoms in total. The van der Waals surface area contributed by atoms with Crippen LogP contribution in [-0.4, -0.2) is 18.3 Å². The zero-order valence-corrected chi connectivity index (χ0v) is 15.0. The quantitative estimate of drug-likeness (QED) is 0.450. The van der Waals surface area contributed by atoms with Crippen molar-refractivity contribution in [1.82, 2.24) is 0 Å². The van der Waals surface area contributed by atoms with E-state index in [1.165, 1.54) is 12.1 Å². The molecule has 26 heavy (non-hydrogen) atoms. The molecule has 130 valence electrons. The standard InChI is InChI=1S/C22H21BO3/c1-21(2)22(3,4)26-23(25-21)17-10-7-11-18-19(17)16-13-12-14-8-5-6-9-15(14)20(16)24-18/h5-13H,1-4H3/i5D,6D,7D,8D,10D,12D,13D. The summed E-state index contributed by atoms with van der Waals surface area (Å²) in [5, 5.41) is 0.906. The van der Waals surface area contributed by atoms with Gasteiger partial charge in [-0.1, -0.05) is 42.3 Å². The summed E-state index contributed by atoms with van der Waals surface area (Å²) >= 11 is 0. The van der Waals surface area contributed by atoms with Gasteiger partial charge in [0.1, 0.15) is 11.2 Å². The minimum Gasteiger partial charge on any atom is -0.455 e. The van der Waals surface area contributed by atoms with Crippen molar-refractivity contribution in [2.75, 3.05) is 0 Å². The van der Waals surface area contributed by atoms with Crippen LogP contribution >= 0.6 is 0 Å². The van der Waals surface area contributed by atoms with Gasteiger partial charge in [0.15, 0.2) is 0 Å². The van der Waals surface area contributed by atoms with Gasteiger partial charge in [-0.3, -0.25) is 0 Å². The van der Waals surface area contributed by atoms with Crippen molar-refractivity contribution < 1.29 is 23.3 Å². The Morgan fingerprint density at radius 1 is 0.846 bits per heavy atom. The lowest BCUT2D eigenvalue weighted by molar-refractivity contribution is 0.00578. The van der Waals surface area contributed by atoms with Crippen LogP contribution in [0.1, 0.15) is 37.3 Å². The topological polar surface area (TPSA) is 31.6 Å². The molecule has 4 aromatic rings. The van der Waals surface area contributed by atoms with E-state index in [1.54, 1.807) is 0 Å². The zero-order chi connectivity index (χ0) is 24.2. The summed E-state index contributed by atoms with van der Waals surface area (Å²) in [5.41, 5.74) is -0.752. The largest absolute Gasteiger partial charge is 0.495 e. The molecule has 2 heterocycles. The Labute approximate surface area is 162 Å². The first-order valence-electron chi connectivity index (χ1n) is 12.0. The van der Waals surface area contributed by atoms with E-state index in [1.807, 2.05) is 27.7 Å². The lowest BCUT2D eigenvalue weighted by Crippen LogP contribution is -2.41. The van der Waals surface area contributed by atoms with Gasteiger partial charge in [0.25, 0.3) is 0 Å². The Kier molecular flexibility index (Phi) is 2.00. The summed E-state index contributed by atoms with van der Waals surface area (Å²) in [6, 6.07) is 1.18. The highest BCUT2D eigenvalue weighted by Crippen LogP contribution is 2.38. The van der Waals surface area contributed by atoms with Gasteiger partial charge < -0.3 is 13.7 Å². The third-order valence-electron chi connectivity index (χ3n) is 5.41. The van der Waals surface area contributed by atoms with Gasteiger partial charge in [-0.2, -0.15) is 0 Å². The second kappa shape index (κ2) is 5.12. The average molecular weight is 351 g/mol. The molecule has 0 N–H and O–H groups in total. The van der Waals surface area contributed by atoms with Gasteiger partial charge in [0.2, 0.25) is 0 Å². The van der Waals surface area contributed by atoms with Crippen LogP contribution in [0, 0.1) is 0 Å². The Morgan fingerprint density at radius 3 is 2.38 bits per heavy atom. The maximum atomic E-state index is 8.71. The van der Waals surface area contributed by atoms with E-state index in [0.717, 1.165) is 0 Å². The van der Waals surface area contributed by atoms with Gasteiger partial charge in [-0.25, -0.2) is 0 Å². The highest BCUT2D eigenvalue weighted by Gasteiger charge is 2.52. The van der Waals surface area contributed by atoms with Crippen LogP contribution in [0.3, 0.4) is 0 Å². The monoisotopic (exact) mass is 351 g/mol.